The van der Waals surface area contributed by atoms with Gasteiger partial charge in [0.05, 0.1) is 12.4 Å². The molecule has 0 spiro atoms. The Balaban J connectivity index is 1.17. The normalized spacial score (nSPS) is 13.6. The second-order valence-corrected chi connectivity index (χ2v) is 8.60. The van der Waals surface area contributed by atoms with Crippen LogP contribution >= 0.6 is 31.9 Å². The number of ether oxygens (including phenoxy) is 4. The molecule has 2 aliphatic heterocycles. The molecule has 2 amide bonds. The minimum Gasteiger partial charge on any atom is -0.454 e. The average molecular weight is 582 g/mol. The van der Waals surface area contributed by atoms with Crippen molar-refractivity contribution in [2.45, 2.75) is 19.3 Å². The van der Waals surface area contributed by atoms with Gasteiger partial charge in [-0.05, 0) is 62.5 Å². The van der Waals surface area contributed by atoms with Crippen molar-refractivity contribution in [3.8, 4) is 23.0 Å². The molecule has 2 aromatic carbocycles. The first-order valence-electron chi connectivity index (χ1n) is 9.81. The predicted octanol–water partition coefficient (Wildman–Crippen LogP) is 3.44. The molecule has 2 heterocycles. The van der Waals surface area contributed by atoms with E-state index in [2.05, 4.69) is 52.9 Å². The van der Waals surface area contributed by atoms with Crippen LogP contribution in [0.1, 0.15) is 30.4 Å². The topological polar surface area (TPSA) is 120 Å². The lowest BCUT2D eigenvalue weighted by atomic mass is 10.2. The van der Waals surface area contributed by atoms with E-state index in [4.69, 9.17) is 18.9 Å². The van der Waals surface area contributed by atoms with Crippen molar-refractivity contribution in [1.29, 1.82) is 0 Å². The van der Waals surface area contributed by atoms with Crippen LogP contribution < -0.4 is 29.8 Å². The molecule has 0 bridgehead atoms. The first-order chi connectivity index (χ1) is 16.0. The van der Waals surface area contributed by atoms with Crippen molar-refractivity contribution in [1.82, 2.24) is 10.9 Å². The lowest BCUT2D eigenvalue weighted by Gasteiger charge is -2.03. The van der Waals surface area contributed by atoms with Gasteiger partial charge in [0.25, 0.3) is 0 Å². The summed E-state index contributed by atoms with van der Waals surface area (Å²) in [5.74, 6) is 1.92. The van der Waals surface area contributed by atoms with Gasteiger partial charge in [-0.3, -0.25) is 9.59 Å². The summed E-state index contributed by atoms with van der Waals surface area (Å²) in [4.78, 5) is 23.9. The summed E-state index contributed by atoms with van der Waals surface area (Å²) in [6.07, 6.45) is 3.64. The van der Waals surface area contributed by atoms with E-state index in [0.29, 0.717) is 29.4 Å². The zero-order valence-electron chi connectivity index (χ0n) is 17.1. The van der Waals surface area contributed by atoms with Crippen LogP contribution in [-0.4, -0.2) is 37.8 Å². The second-order valence-electron chi connectivity index (χ2n) is 6.89. The molecule has 2 N–H and O–H groups in total. The van der Waals surface area contributed by atoms with E-state index in [0.717, 1.165) is 20.1 Å². The van der Waals surface area contributed by atoms with E-state index in [1.807, 2.05) is 0 Å². The van der Waals surface area contributed by atoms with Gasteiger partial charge in [0.1, 0.15) is 0 Å². The molecule has 2 aliphatic rings. The van der Waals surface area contributed by atoms with Crippen molar-refractivity contribution >= 4 is 56.1 Å². The van der Waals surface area contributed by atoms with E-state index in [1.165, 1.54) is 12.4 Å². The number of amides is 2. The number of hydrazone groups is 2. The smallest absolute Gasteiger partial charge is 0.240 e. The molecule has 10 nitrogen and oxygen atoms in total. The summed E-state index contributed by atoms with van der Waals surface area (Å²) < 4.78 is 22.7. The molecular formula is C21H18Br2N4O6. The van der Waals surface area contributed by atoms with Crippen LogP contribution in [0.5, 0.6) is 23.0 Å². The number of benzene rings is 2. The Morgan fingerprint density at radius 2 is 1.15 bits per heavy atom. The number of rotatable bonds is 8. The Kier molecular flexibility index (Phi) is 7.45. The third kappa shape index (κ3) is 6.02. The maximum absolute atomic E-state index is 11.9. The van der Waals surface area contributed by atoms with Crippen molar-refractivity contribution in [2.75, 3.05) is 13.6 Å². The molecule has 0 unspecified atom stereocenters. The number of carbonyl (C=O) groups excluding carboxylic acids is 2. The van der Waals surface area contributed by atoms with Crippen molar-refractivity contribution in [2.24, 2.45) is 10.2 Å². The van der Waals surface area contributed by atoms with Gasteiger partial charge >= 0.3 is 0 Å². The Hall–Kier alpha value is -3.12. The quantitative estimate of drug-likeness (QED) is 0.364. The molecule has 0 radical (unpaired) electrons. The van der Waals surface area contributed by atoms with Gasteiger partial charge in [0.15, 0.2) is 23.0 Å². The molecule has 4 rings (SSSR count). The summed E-state index contributed by atoms with van der Waals surface area (Å²) >= 11 is 6.84. The molecule has 0 aliphatic carbocycles. The highest BCUT2D eigenvalue weighted by Crippen LogP contribution is 2.37. The van der Waals surface area contributed by atoms with Crippen LogP contribution in [0.3, 0.4) is 0 Å². The van der Waals surface area contributed by atoms with Gasteiger partial charge in [-0.1, -0.05) is 0 Å². The van der Waals surface area contributed by atoms with Crippen LogP contribution in [0, 0.1) is 0 Å². The Bertz CT molecular complexity index is 1050. The summed E-state index contributed by atoms with van der Waals surface area (Å²) in [6, 6.07) is 7.07. The van der Waals surface area contributed by atoms with Gasteiger partial charge < -0.3 is 18.9 Å². The van der Waals surface area contributed by atoms with Crippen LogP contribution in [0.25, 0.3) is 0 Å². The van der Waals surface area contributed by atoms with Gasteiger partial charge in [-0.2, -0.15) is 10.2 Å². The number of carbonyl (C=O) groups is 2. The summed E-state index contributed by atoms with van der Waals surface area (Å²) in [5, 5.41) is 7.89. The monoisotopic (exact) mass is 580 g/mol. The fraction of sp³-hybridized carbons (Fsp3) is 0.238. The van der Waals surface area contributed by atoms with Crippen LogP contribution in [0.4, 0.5) is 0 Å². The number of fused-ring (bicyclic) bond motifs is 2. The standard InChI is InChI=1S/C21H18Br2N4O6/c22-14-6-18-16(30-10-32-18)4-12(14)8-24-26-20(28)2-1-3-21(29)27-25-9-13-5-17-19(7-15(13)23)33-11-31-17/h4-9H,1-3,10-11H2,(H,26,28)(H,27,29). The Morgan fingerprint density at radius 3 is 1.58 bits per heavy atom. The average Bonchev–Trinajstić information content (AvgIpc) is 3.42. The first kappa shape index (κ1) is 23.1. The molecule has 172 valence electrons. The van der Waals surface area contributed by atoms with E-state index in [9.17, 15) is 9.59 Å². The third-order valence-corrected chi connectivity index (χ3v) is 5.95. The molecule has 12 heteroatoms. The van der Waals surface area contributed by atoms with Crippen molar-refractivity contribution in [3.63, 3.8) is 0 Å². The third-order valence-electron chi connectivity index (χ3n) is 4.58. The van der Waals surface area contributed by atoms with Crippen LogP contribution in [-0.2, 0) is 9.59 Å². The lowest BCUT2D eigenvalue weighted by Crippen LogP contribution is -2.20. The van der Waals surface area contributed by atoms with E-state index >= 15 is 0 Å². The molecule has 0 saturated carbocycles. The van der Waals surface area contributed by atoms with E-state index in [-0.39, 0.29) is 38.2 Å². The van der Waals surface area contributed by atoms with E-state index < -0.39 is 0 Å². The van der Waals surface area contributed by atoms with Gasteiger partial charge in [-0.15, -0.1) is 0 Å². The largest absolute Gasteiger partial charge is 0.454 e. The lowest BCUT2D eigenvalue weighted by molar-refractivity contribution is -0.122. The van der Waals surface area contributed by atoms with Gasteiger partial charge in [0, 0.05) is 32.9 Å². The highest BCUT2D eigenvalue weighted by molar-refractivity contribution is 9.10. The summed E-state index contributed by atoms with van der Waals surface area (Å²) in [5.41, 5.74) is 6.34. The van der Waals surface area contributed by atoms with Crippen molar-refractivity contribution in [3.05, 3.63) is 44.3 Å². The molecule has 0 aromatic heterocycles. The Labute approximate surface area is 205 Å². The fourth-order valence-corrected chi connectivity index (χ4v) is 3.78. The second kappa shape index (κ2) is 10.7. The van der Waals surface area contributed by atoms with Gasteiger partial charge in [0.2, 0.25) is 25.4 Å². The summed E-state index contributed by atoms with van der Waals surface area (Å²) in [6.45, 7) is 0.349. The SMILES string of the molecule is O=C(CCCC(=O)NN=Cc1cc2c(cc1Br)OCO2)NN=Cc1cc2c(cc1Br)OCO2. The number of halogens is 2. The zero-order chi connectivity index (χ0) is 23.2. The minimum absolute atomic E-state index is 0.143. The number of hydrogen-bond donors (Lipinski definition) is 2. The molecular weight excluding hydrogens is 564 g/mol. The molecule has 33 heavy (non-hydrogen) atoms. The first-order valence-corrected chi connectivity index (χ1v) is 11.4. The summed E-state index contributed by atoms with van der Waals surface area (Å²) in [7, 11) is 0. The Morgan fingerprint density at radius 1 is 0.758 bits per heavy atom. The highest BCUT2D eigenvalue weighted by Gasteiger charge is 2.16. The number of nitrogens with one attached hydrogen (secondary N) is 2. The molecule has 2 aromatic rings. The van der Waals surface area contributed by atoms with Gasteiger partial charge in [-0.25, -0.2) is 10.9 Å². The van der Waals surface area contributed by atoms with E-state index in [1.54, 1.807) is 24.3 Å². The number of hydrogen-bond acceptors (Lipinski definition) is 8. The predicted molar refractivity (Wildman–Crippen MR) is 126 cm³/mol. The molecule has 0 atom stereocenters. The maximum atomic E-state index is 11.9. The van der Waals surface area contributed by atoms with Crippen molar-refractivity contribution < 1.29 is 28.5 Å². The number of nitrogens with zero attached hydrogens (tertiary/aromatic N) is 2. The minimum atomic E-state index is -0.302. The zero-order valence-corrected chi connectivity index (χ0v) is 20.3. The van der Waals surface area contributed by atoms with Crippen LogP contribution in [0.15, 0.2) is 43.4 Å². The van der Waals surface area contributed by atoms with Crippen LogP contribution in [0.2, 0.25) is 0 Å². The fourth-order valence-electron chi connectivity index (χ4n) is 2.93. The molecule has 0 fully saturated rings. The molecule has 0 saturated heterocycles. The highest BCUT2D eigenvalue weighted by atomic mass is 79.9. The maximum Gasteiger partial charge on any atom is 0.240 e.